The minimum absolute atomic E-state index is 0.408. The molecule has 3 heterocycles. The quantitative estimate of drug-likeness (QED) is 0.870. The molecule has 0 aromatic carbocycles. The van der Waals surface area contributed by atoms with Gasteiger partial charge in [0.25, 0.3) is 0 Å². The molecular formula is C16H22N4O. The zero-order valence-corrected chi connectivity index (χ0v) is 13.1. The van der Waals surface area contributed by atoms with E-state index in [4.69, 9.17) is 4.74 Å². The highest BCUT2D eigenvalue weighted by Crippen LogP contribution is 2.32. The summed E-state index contributed by atoms with van der Waals surface area (Å²) in [4.78, 5) is 6.95. The SMILES string of the molecule is COc1ccc(C)nc1N1CCC(n2nc(C)cc2C)C1. The first-order valence-corrected chi connectivity index (χ1v) is 7.38. The van der Waals surface area contributed by atoms with Gasteiger partial charge in [0, 0.05) is 24.5 Å². The van der Waals surface area contributed by atoms with E-state index in [1.165, 1.54) is 5.69 Å². The molecule has 5 nitrogen and oxygen atoms in total. The van der Waals surface area contributed by atoms with Crippen LogP contribution in [0.4, 0.5) is 5.82 Å². The monoisotopic (exact) mass is 286 g/mol. The van der Waals surface area contributed by atoms with E-state index in [0.717, 1.165) is 42.5 Å². The number of ether oxygens (including phenoxy) is 1. The third-order valence-electron chi connectivity index (χ3n) is 4.05. The summed E-state index contributed by atoms with van der Waals surface area (Å²) in [5.41, 5.74) is 3.32. The summed E-state index contributed by atoms with van der Waals surface area (Å²) in [6, 6.07) is 6.52. The van der Waals surface area contributed by atoms with Crippen molar-refractivity contribution in [2.24, 2.45) is 0 Å². The van der Waals surface area contributed by atoms with Gasteiger partial charge in [-0.05, 0) is 45.4 Å². The first-order valence-electron chi connectivity index (χ1n) is 7.38. The lowest BCUT2D eigenvalue weighted by Gasteiger charge is -2.20. The van der Waals surface area contributed by atoms with Crippen LogP contribution >= 0.6 is 0 Å². The zero-order valence-electron chi connectivity index (χ0n) is 13.1. The van der Waals surface area contributed by atoms with Crippen LogP contribution in [0.25, 0.3) is 0 Å². The van der Waals surface area contributed by atoms with Crippen molar-refractivity contribution < 1.29 is 4.74 Å². The maximum atomic E-state index is 5.45. The summed E-state index contributed by atoms with van der Waals surface area (Å²) in [5.74, 6) is 1.79. The highest BCUT2D eigenvalue weighted by atomic mass is 16.5. The maximum absolute atomic E-state index is 5.45. The van der Waals surface area contributed by atoms with E-state index < -0.39 is 0 Å². The number of aryl methyl sites for hydroxylation is 3. The number of nitrogens with zero attached hydrogens (tertiary/aromatic N) is 4. The third kappa shape index (κ3) is 2.60. The Morgan fingerprint density at radius 2 is 2.00 bits per heavy atom. The van der Waals surface area contributed by atoms with Gasteiger partial charge in [0.2, 0.25) is 0 Å². The molecule has 1 aliphatic heterocycles. The fourth-order valence-corrected chi connectivity index (χ4v) is 3.07. The van der Waals surface area contributed by atoms with Crippen LogP contribution in [0.1, 0.15) is 29.5 Å². The van der Waals surface area contributed by atoms with E-state index in [9.17, 15) is 0 Å². The highest BCUT2D eigenvalue weighted by Gasteiger charge is 2.28. The molecule has 0 bridgehead atoms. The lowest BCUT2D eigenvalue weighted by atomic mass is 10.2. The Hall–Kier alpha value is -2.04. The first-order chi connectivity index (χ1) is 10.1. The Balaban J connectivity index is 1.84. The molecule has 0 amide bonds. The largest absolute Gasteiger partial charge is 0.493 e. The van der Waals surface area contributed by atoms with Gasteiger partial charge in [-0.3, -0.25) is 4.68 Å². The molecule has 1 unspecified atom stereocenters. The first kappa shape index (κ1) is 13.9. The molecule has 112 valence electrons. The van der Waals surface area contributed by atoms with Gasteiger partial charge in [-0.15, -0.1) is 0 Å². The van der Waals surface area contributed by atoms with Crippen molar-refractivity contribution >= 4 is 5.82 Å². The van der Waals surface area contributed by atoms with E-state index in [1.54, 1.807) is 7.11 Å². The zero-order chi connectivity index (χ0) is 15.0. The molecule has 2 aromatic rings. The second kappa shape index (κ2) is 5.39. The molecule has 3 rings (SSSR count). The summed E-state index contributed by atoms with van der Waals surface area (Å²) in [5, 5.41) is 4.62. The number of rotatable bonds is 3. The van der Waals surface area contributed by atoms with Gasteiger partial charge < -0.3 is 9.64 Å². The molecule has 1 fully saturated rings. The molecule has 1 aliphatic rings. The molecule has 5 heteroatoms. The van der Waals surface area contributed by atoms with E-state index in [1.807, 2.05) is 26.0 Å². The Labute approximate surface area is 125 Å². The molecule has 1 atom stereocenters. The number of anilines is 1. The second-order valence-electron chi connectivity index (χ2n) is 5.74. The predicted molar refractivity (Wildman–Crippen MR) is 83.1 cm³/mol. The lowest BCUT2D eigenvalue weighted by Crippen LogP contribution is -2.23. The third-order valence-corrected chi connectivity index (χ3v) is 4.05. The average molecular weight is 286 g/mol. The summed E-state index contributed by atoms with van der Waals surface area (Å²) >= 11 is 0. The van der Waals surface area contributed by atoms with Gasteiger partial charge in [0.05, 0.1) is 18.8 Å². The minimum Gasteiger partial charge on any atom is -0.493 e. The van der Waals surface area contributed by atoms with Crippen LogP contribution in [0.2, 0.25) is 0 Å². The van der Waals surface area contributed by atoms with Crippen LogP contribution in [0.5, 0.6) is 5.75 Å². The van der Waals surface area contributed by atoms with Gasteiger partial charge in [0.1, 0.15) is 0 Å². The van der Waals surface area contributed by atoms with Gasteiger partial charge in [-0.2, -0.15) is 5.10 Å². The second-order valence-corrected chi connectivity index (χ2v) is 5.74. The van der Waals surface area contributed by atoms with Gasteiger partial charge in [-0.25, -0.2) is 4.98 Å². The van der Waals surface area contributed by atoms with Crippen molar-refractivity contribution in [2.45, 2.75) is 33.2 Å². The molecule has 0 aliphatic carbocycles. The molecule has 1 saturated heterocycles. The van der Waals surface area contributed by atoms with Crippen LogP contribution in [0.15, 0.2) is 18.2 Å². The fourth-order valence-electron chi connectivity index (χ4n) is 3.07. The standard InChI is InChI=1S/C16H22N4O/c1-11-5-6-15(21-4)16(17-11)19-8-7-14(10-19)20-13(3)9-12(2)18-20/h5-6,9,14H,7-8,10H2,1-4H3. The number of aromatic nitrogens is 3. The van der Waals surface area contributed by atoms with E-state index in [0.29, 0.717) is 6.04 Å². The number of pyridine rings is 1. The van der Waals surface area contributed by atoms with Gasteiger partial charge in [0.15, 0.2) is 11.6 Å². The summed E-state index contributed by atoms with van der Waals surface area (Å²) in [6.45, 7) is 8.08. The van der Waals surface area contributed by atoms with Crippen LogP contribution in [-0.2, 0) is 0 Å². The summed E-state index contributed by atoms with van der Waals surface area (Å²) in [7, 11) is 1.70. The lowest BCUT2D eigenvalue weighted by molar-refractivity contribution is 0.412. The normalized spacial score (nSPS) is 18.3. The number of hydrogen-bond donors (Lipinski definition) is 0. The van der Waals surface area contributed by atoms with Gasteiger partial charge in [-0.1, -0.05) is 0 Å². The van der Waals surface area contributed by atoms with Crippen LogP contribution < -0.4 is 9.64 Å². The maximum Gasteiger partial charge on any atom is 0.171 e. The van der Waals surface area contributed by atoms with Crippen LogP contribution in [-0.4, -0.2) is 35.0 Å². The average Bonchev–Trinajstić information content (AvgIpc) is 3.05. The topological polar surface area (TPSA) is 43.2 Å². The molecule has 2 aromatic heterocycles. The van der Waals surface area contributed by atoms with Crippen molar-refractivity contribution in [2.75, 3.05) is 25.1 Å². The molecule has 0 N–H and O–H groups in total. The smallest absolute Gasteiger partial charge is 0.171 e. The minimum atomic E-state index is 0.408. The van der Waals surface area contributed by atoms with E-state index >= 15 is 0 Å². The highest BCUT2D eigenvalue weighted by molar-refractivity contribution is 5.53. The van der Waals surface area contributed by atoms with Crippen molar-refractivity contribution in [3.05, 3.63) is 35.3 Å². The Bertz CT molecular complexity index is 650. The number of hydrogen-bond acceptors (Lipinski definition) is 4. The van der Waals surface area contributed by atoms with E-state index in [2.05, 4.69) is 32.7 Å². The van der Waals surface area contributed by atoms with Crippen LogP contribution in [0, 0.1) is 20.8 Å². The molecule has 0 spiro atoms. The predicted octanol–water partition coefficient (Wildman–Crippen LogP) is 2.66. The molecular weight excluding hydrogens is 264 g/mol. The van der Waals surface area contributed by atoms with Crippen molar-refractivity contribution in [3.63, 3.8) is 0 Å². The Morgan fingerprint density at radius 3 is 2.67 bits per heavy atom. The Kier molecular flexibility index (Phi) is 3.57. The number of methoxy groups -OCH3 is 1. The summed E-state index contributed by atoms with van der Waals surface area (Å²) < 4.78 is 7.61. The molecule has 21 heavy (non-hydrogen) atoms. The van der Waals surface area contributed by atoms with Crippen LogP contribution in [0.3, 0.4) is 0 Å². The molecule has 0 radical (unpaired) electrons. The fraction of sp³-hybridized carbons (Fsp3) is 0.500. The Morgan fingerprint density at radius 1 is 1.19 bits per heavy atom. The van der Waals surface area contributed by atoms with Crippen molar-refractivity contribution in [1.82, 2.24) is 14.8 Å². The van der Waals surface area contributed by atoms with Gasteiger partial charge >= 0.3 is 0 Å². The summed E-state index contributed by atoms with van der Waals surface area (Å²) in [6.07, 6.45) is 1.08. The van der Waals surface area contributed by atoms with E-state index in [-0.39, 0.29) is 0 Å². The van der Waals surface area contributed by atoms with Crippen molar-refractivity contribution in [3.8, 4) is 5.75 Å². The van der Waals surface area contributed by atoms with Crippen molar-refractivity contribution in [1.29, 1.82) is 0 Å². The molecule has 0 saturated carbocycles.